The van der Waals surface area contributed by atoms with Crippen molar-refractivity contribution >= 4 is 61.4 Å². The standard InChI is InChI=1S/C33H29N3O7/c1-32-33(30(39)34(31(40)43-33)13-16-41-15-6-14-37)17-24(42-32)35-21-9-4-2-7-18(21)27-26-20(11-12-23(26)38)25-19-8-3-5-10-22(19)36(32)29(25)28(27)35/h2-5,7-10,24,37H,6,11-17H2,1H3/t24?,32-,33-/m0/s1. The van der Waals surface area contributed by atoms with Crippen LogP contribution in [-0.2, 0) is 31.2 Å². The first kappa shape index (κ1) is 25.3. The van der Waals surface area contributed by atoms with Gasteiger partial charge in [0, 0.05) is 53.2 Å². The fraction of sp³-hybridized carbons (Fsp3) is 0.364. The second kappa shape index (κ2) is 8.43. The van der Waals surface area contributed by atoms with Crippen LogP contribution in [0.1, 0.15) is 48.3 Å². The topological polar surface area (TPSA) is 112 Å². The minimum atomic E-state index is -1.63. The summed E-state index contributed by atoms with van der Waals surface area (Å²) in [5.74, 6) is -0.307. The maximum Gasteiger partial charge on any atom is 0.417 e. The lowest BCUT2D eigenvalue weighted by Crippen LogP contribution is -2.56. The number of nitrogens with zero attached hydrogens (tertiary/aromatic N) is 3. The Morgan fingerprint density at radius 3 is 2.49 bits per heavy atom. The van der Waals surface area contributed by atoms with Crippen molar-refractivity contribution < 1.29 is 33.7 Å². The third kappa shape index (κ3) is 2.87. The van der Waals surface area contributed by atoms with Crippen LogP contribution in [0.2, 0.25) is 0 Å². The molecule has 1 aliphatic carbocycles. The van der Waals surface area contributed by atoms with Gasteiger partial charge in [0.1, 0.15) is 6.23 Å². The molecule has 3 aromatic carbocycles. The van der Waals surface area contributed by atoms with Crippen LogP contribution in [-0.4, -0.2) is 68.9 Å². The number of hydrogen-bond acceptors (Lipinski definition) is 7. The normalized spacial score (nSPS) is 25.9. The number of imide groups is 1. The second-order valence-electron chi connectivity index (χ2n) is 12.1. The minimum absolute atomic E-state index is 0.00433. The number of fused-ring (bicyclic) bond motifs is 14. The molecule has 5 aromatic rings. The summed E-state index contributed by atoms with van der Waals surface area (Å²) in [6.07, 6.45) is 0.319. The number of hydrogen-bond donors (Lipinski definition) is 1. The highest BCUT2D eigenvalue weighted by Gasteiger charge is 2.72. The molecule has 2 amide bonds. The average molecular weight is 580 g/mol. The van der Waals surface area contributed by atoms with Gasteiger partial charge < -0.3 is 28.5 Å². The predicted molar refractivity (Wildman–Crippen MR) is 157 cm³/mol. The van der Waals surface area contributed by atoms with E-state index in [4.69, 9.17) is 19.3 Å². The fourth-order valence-electron chi connectivity index (χ4n) is 8.26. The minimum Gasteiger partial charge on any atom is -0.427 e. The molecule has 3 aliphatic heterocycles. The fourth-order valence-corrected chi connectivity index (χ4v) is 8.26. The number of benzene rings is 3. The number of aryl methyl sites for hydroxylation is 1. The van der Waals surface area contributed by atoms with Gasteiger partial charge in [-0.3, -0.25) is 9.59 Å². The summed E-state index contributed by atoms with van der Waals surface area (Å²) in [6, 6.07) is 16.0. The quantitative estimate of drug-likeness (QED) is 0.289. The van der Waals surface area contributed by atoms with Gasteiger partial charge >= 0.3 is 6.09 Å². The molecule has 0 saturated carbocycles. The number of amides is 2. The molecule has 9 rings (SSSR count). The highest BCUT2D eigenvalue weighted by Crippen LogP contribution is 2.60. The Labute approximate surface area is 245 Å². The first-order valence-corrected chi connectivity index (χ1v) is 14.9. The van der Waals surface area contributed by atoms with E-state index in [1.807, 2.05) is 49.4 Å². The van der Waals surface area contributed by atoms with E-state index >= 15 is 0 Å². The molecule has 3 atom stereocenters. The van der Waals surface area contributed by atoms with Crippen molar-refractivity contribution in [1.29, 1.82) is 0 Å². The molecule has 43 heavy (non-hydrogen) atoms. The highest BCUT2D eigenvalue weighted by atomic mass is 16.6. The summed E-state index contributed by atoms with van der Waals surface area (Å²) >= 11 is 0. The van der Waals surface area contributed by atoms with Gasteiger partial charge in [-0.25, -0.2) is 9.69 Å². The Morgan fingerprint density at radius 2 is 1.70 bits per heavy atom. The van der Waals surface area contributed by atoms with Gasteiger partial charge in [-0.05, 0) is 37.5 Å². The van der Waals surface area contributed by atoms with Gasteiger partial charge in [0.15, 0.2) is 11.5 Å². The number of Topliss-reactive ketones (excluding diaryl/α,β-unsaturated/α-hetero) is 1. The number of rotatable bonds is 6. The third-order valence-electron chi connectivity index (χ3n) is 10.0. The van der Waals surface area contributed by atoms with Crippen molar-refractivity contribution in [3.05, 3.63) is 59.7 Å². The highest BCUT2D eigenvalue weighted by molar-refractivity contribution is 6.31. The molecular formula is C33H29N3O7. The van der Waals surface area contributed by atoms with E-state index in [2.05, 4.69) is 15.2 Å². The number of para-hydroxylation sites is 2. The summed E-state index contributed by atoms with van der Waals surface area (Å²) in [5.41, 5.74) is 2.35. The molecule has 2 bridgehead atoms. The molecule has 1 N–H and O–H groups in total. The van der Waals surface area contributed by atoms with Crippen LogP contribution in [0.3, 0.4) is 0 Å². The lowest BCUT2D eigenvalue weighted by Gasteiger charge is -2.37. The van der Waals surface area contributed by atoms with Crippen molar-refractivity contribution in [2.75, 3.05) is 26.4 Å². The van der Waals surface area contributed by atoms with E-state index in [0.717, 1.165) is 59.6 Å². The largest absolute Gasteiger partial charge is 0.427 e. The van der Waals surface area contributed by atoms with Crippen LogP contribution in [0, 0.1) is 0 Å². The van der Waals surface area contributed by atoms with Crippen molar-refractivity contribution in [2.45, 2.75) is 50.2 Å². The van der Waals surface area contributed by atoms with Crippen LogP contribution in [0.5, 0.6) is 0 Å². The number of carbonyl (C=O) groups excluding carboxylic acids is 3. The van der Waals surface area contributed by atoms with Crippen LogP contribution in [0.25, 0.3) is 43.6 Å². The van der Waals surface area contributed by atoms with E-state index in [0.29, 0.717) is 25.9 Å². The van der Waals surface area contributed by atoms with E-state index in [1.54, 1.807) is 0 Å². The molecule has 4 aliphatic rings. The Kier molecular flexibility index (Phi) is 4.96. The lowest BCUT2D eigenvalue weighted by atomic mass is 9.87. The molecule has 2 aromatic heterocycles. The Hall–Kier alpha value is -4.25. The summed E-state index contributed by atoms with van der Waals surface area (Å²) in [5, 5.41) is 12.9. The monoisotopic (exact) mass is 579 g/mol. The molecule has 2 saturated heterocycles. The number of aromatic nitrogens is 2. The maximum absolute atomic E-state index is 14.4. The van der Waals surface area contributed by atoms with E-state index in [1.165, 1.54) is 0 Å². The molecule has 0 radical (unpaired) electrons. The van der Waals surface area contributed by atoms with Gasteiger partial charge in [-0.15, -0.1) is 0 Å². The van der Waals surface area contributed by atoms with Crippen molar-refractivity contribution in [1.82, 2.24) is 14.0 Å². The lowest BCUT2D eigenvalue weighted by molar-refractivity contribution is -0.178. The number of carbonyl (C=O) groups is 3. The van der Waals surface area contributed by atoms with Crippen LogP contribution < -0.4 is 0 Å². The summed E-state index contributed by atoms with van der Waals surface area (Å²) in [6.45, 7) is 2.36. The Morgan fingerprint density at radius 1 is 0.953 bits per heavy atom. The first-order chi connectivity index (χ1) is 20.9. The Bertz CT molecular complexity index is 2090. The molecule has 10 nitrogen and oxygen atoms in total. The summed E-state index contributed by atoms with van der Waals surface area (Å²) in [7, 11) is 0. The zero-order valence-corrected chi connectivity index (χ0v) is 23.6. The molecular weight excluding hydrogens is 550 g/mol. The number of aliphatic hydroxyl groups excluding tert-OH is 1. The second-order valence-corrected chi connectivity index (χ2v) is 12.1. The maximum atomic E-state index is 14.4. The average Bonchev–Trinajstić information content (AvgIpc) is 3.75. The smallest absolute Gasteiger partial charge is 0.417 e. The number of aliphatic hydroxyl groups is 1. The first-order valence-electron chi connectivity index (χ1n) is 14.9. The van der Waals surface area contributed by atoms with Gasteiger partial charge in [-0.1, -0.05) is 36.4 Å². The zero-order valence-electron chi connectivity index (χ0n) is 23.6. The SMILES string of the molecule is C[C@]12OC(C[C@@]13OC(=O)N(CCOCCCO)C3=O)n1c3ccccc3c3c4c(c5c6ccccc6n2c5c31)CCC4=O. The van der Waals surface area contributed by atoms with Gasteiger partial charge in [0.2, 0.25) is 5.60 Å². The van der Waals surface area contributed by atoms with Crippen molar-refractivity contribution in [3.8, 4) is 0 Å². The third-order valence-corrected chi connectivity index (χ3v) is 10.0. The van der Waals surface area contributed by atoms with E-state index in [9.17, 15) is 14.4 Å². The van der Waals surface area contributed by atoms with Crippen molar-refractivity contribution in [2.24, 2.45) is 0 Å². The molecule has 218 valence electrons. The molecule has 10 heteroatoms. The van der Waals surface area contributed by atoms with E-state index < -0.39 is 29.6 Å². The number of ketones is 1. The Balaban J connectivity index is 1.35. The predicted octanol–water partition coefficient (Wildman–Crippen LogP) is 4.75. The van der Waals surface area contributed by atoms with Gasteiger partial charge in [-0.2, -0.15) is 0 Å². The van der Waals surface area contributed by atoms with Gasteiger partial charge in [0.25, 0.3) is 5.91 Å². The number of ether oxygens (including phenoxy) is 3. The summed E-state index contributed by atoms with van der Waals surface area (Å²) < 4.78 is 22.9. The summed E-state index contributed by atoms with van der Waals surface area (Å²) in [4.78, 5) is 42.5. The zero-order chi connectivity index (χ0) is 29.2. The van der Waals surface area contributed by atoms with Crippen LogP contribution in [0.15, 0.2) is 48.5 Å². The van der Waals surface area contributed by atoms with Crippen LogP contribution >= 0.6 is 0 Å². The van der Waals surface area contributed by atoms with E-state index in [-0.39, 0.29) is 32.0 Å². The van der Waals surface area contributed by atoms with Crippen molar-refractivity contribution in [3.63, 3.8) is 0 Å². The molecule has 1 unspecified atom stereocenters. The molecule has 1 spiro atoms. The molecule has 5 heterocycles. The van der Waals surface area contributed by atoms with Gasteiger partial charge in [0.05, 0.1) is 35.2 Å². The van der Waals surface area contributed by atoms with Crippen LogP contribution in [0.4, 0.5) is 4.79 Å². The molecule has 2 fully saturated rings.